The van der Waals surface area contributed by atoms with Crippen molar-refractivity contribution in [3.05, 3.63) is 118 Å². The molecule has 0 unspecified atom stereocenters. The fourth-order valence-corrected chi connectivity index (χ4v) is 4.89. The second-order valence-corrected chi connectivity index (χ2v) is 9.65. The lowest BCUT2D eigenvalue weighted by molar-refractivity contribution is 0.0938. The van der Waals surface area contributed by atoms with Crippen LogP contribution in [0.5, 0.6) is 0 Å². The number of amides is 3. The van der Waals surface area contributed by atoms with E-state index in [4.69, 9.17) is 4.74 Å². The van der Waals surface area contributed by atoms with Gasteiger partial charge in [0.05, 0.1) is 19.2 Å². The standard InChI is InChI=1S/C30H32N4O3S/c1-3-22-12-10-11-17-25(22)32-30(36)34(18-19-37-2)20-27-31-26(21-38-27)29(35)33-28(23-13-6-4-7-14-23)24-15-8-5-9-16-24/h4-17,21,28H,3,18-20H2,1-2H3,(H,32,36)(H,33,35). The van der Waals surface area contributed by atoms with Crippen LogP contribution >= 0.6 is 11.3 Å². The van der Waals surface area contributed by atoms with Crippen molar-refractivity contribution in [3.63, 3.8) is 0 Å². The molecule has 0 saturated carbocycles. The van der Waals surface area contributed by atoms with Gasteiger partial charge in [0.15, 0.2) is 0 Å². The molecule has 3 amide bonds. The van der Waals surface area contributed by atoms with Gasteiger partial charge < -0.3 is 20.3 Å². The van der Waals surface area contributed by atoms with Crippen molar-refractivity contribution in [3.8, 4) is 0 Å². The van der Waals surface area contributed by atoms with Crippen LogP contribution in [0.15, 0.2) is 90.3 Å². The summed E-state index contributed by atoms with van der Waals surface area (Å²) in [6.07, 6.45) is 0.812. The van der Waals surface area contributed by atoms with Crippen LogP contribution in [-0.4, -0.2) is 42.1 Å². The number of para-hydroxylation sites is 1. The maximum Gasteiger partial charge on any atom is 0.322 e. The second-order valence-electron chi connectivity index (χ2n) is 8.71. The normalized spacial score (nSPS) is 10.8. The van der Waals surface area contributed by atoms with Crippen LogP contribution in [0, 0.1) is 0 Å². The molecule has 4 aromatic rings. The molecule has 196 valence electrons. The van der Waals surface area contributed by atoms with Crippen molar-refractivity contribution in [2.45, 2.75) is 25.9 Å². The second kappa shape index (κ2) is 13.5. The summed E-state index contributed by atoms with van der Waals surface area (Å²) < 4.78 is 5.22. The predicted octanol–water partition coefficient (Wildman–Crippen LogP) is 5.91. The van der Waals surface area contributed by atoms with Gasteiger partial charge in [-0.25, -0.2) is 9.78 Å². The van der Waals surface area contributed by atoms with E-state index in [-0.39, 0.29) is 24.5 Å². The minimum absolute atomic E-state index is 0.239. The van der Waals surface area contributed by atoms with Crippen LogP contribution in [0.2, 0.25) is 0 Å². The number of rotatable bonds is 11. The quantitative estimate of drug-likeness (QED) is 0.254. The molecule has 0 aliphatic heterocycles. The Kier molecular flexibility index (Phi) is 9.61. The number of methoxy groups -OCH3 is 1. The number of ether oxygens (including phenoxy) is 1. The van der Waals surface area contributed by atoms with E-state index in [9.17, 15) is 9.59 Å². The van der Waals surface area contributed by atoms with E-state index in [1.54, 1.807) is 17.4 Å². The van der Waals surface area contributed by atoms with Crippen LogP contribution < -0.4 is 10.6 Å². The summed E-state index contributed by atoms with van der Waals surface area (Å²) in [5.41, 5.74) is 4.14. The summed E-state index contributed by atoms with van der Waals surface area (Å²) >= 11 is 1.36. The minimum Gasteiger partial charge on any atom is -0.383 e. The largest absolute Gasteiger partial charge is 0.383 e. The number of hydrogen-bond acceptors (Lipinski definition) is 5. The first-order valence-corrected chi connectivity index (χ1v) is 13.4. The highest BCUT2D eigenvalue weighted by Crippen LogP contribution is 2.23. The van der Waals surface area contributed by atoms with E-state index in [0.29, 0.717) is 23.9 Å². The Labute approximate surface area is 227 Å². The molecule has 38 heavy (non-hydrogen) atoms. The Morgan fingerprint density at radius 3 is 2.21 bits per heavy atom. The highest BCUT2D eigenvalue weighted by molar-refractivity contribution is 7.09. The molecule has 0 aliphatic rings. The van der Waals surface area contributed by atoms with E-state index in [2.05, 4.69) is 22.5 Å². The Morgan fingerprint density at radius 2 is 1.58 bits per heavy atom. The lowest BCUT2D eigenvalue weighted by atomic mass is 9.98. The number of benzene rings is 3. The van der Waals surface area contributed by atoms with Crippen molar-refractivity contribution >= 4 is 29.0 Å². The van der Waals surface area contributed by atoms with Crippen molar-refractivity contribution in [1.82, 2.24) is 15.2 Å². The molecule has 1 heterocycles. The van der Waals surface area contributed by atoms with Gasteiger partial charge in [-0.3, -0.25) is 4.79 Å². The topological polar surface area (TPSA) is 83.6 Å². The van der Waals surface area contributed by atoms with Crippen LogP contribution in [0.4, 0.5) is 10.5 Å². The van der Waals surface area contributed by atoms with Gasteiger partial charge in [-0.1, -0.05) is 85.8 Å². The number of nitrogens with one attached hydrogen (secondary N) is 2. The van der Waals surface area contributed by atoms with Crippen molar-refractivity contribution in [2.75, 3.05) is 25.6 Å². The van der Waals surface area contributed by atoms with E-state index < -0.39 is 0 Å². The first kappa shape index (κ1) is 27.0. The zero-order chi connectivity index (χ0) is 26.7. The zero-order valence-corrected chi connectivity index (χ0v) is 22.4. The molecule has 7 nitrogen and oxygen atoms in total. The molecule has 0 spiro atoms. The minimum atomic E-state index is -0.308. The Hall–Kier alpha value is -4.01. The Balaban J connectivity index is 1.48. The Morgan fingerprint density at radius 1 is 0.947 bits per heavy atom. The van der Waals surface area contributed by atoms with Gasteiger partial charge >= 0.3 is 6.03 Å². The van der Waals surface area contributed by atoms with Crippen LogP contribution in [0.25, 0.3) is 0 Å². The molecular formula is C30H32N4O3S. The van der Waals surface area contributed by atoms with Crippen molar-refractivity contribution in [1.29, 1.82) is 0 Å². The molecule has 1 aromatic heterocycles. The fourth-order valence-electron chi connectivity index (χ4n) is 4.10. The molecule has 3 aromatic carbocycles. The van der Waals surface area contributed by atoms with E-state index in [1.165, 1.54) is 11.3 Å². The summed E-state index contributed by atoms with van der Waals surface area (Å²) in [6, 6.07) is 26.9. The maximum absolute atomic E-state index is 13.2. The van der Waals surface area contributed by atoms with E-state index in [0.717, 1.165) is 28.8 Å². The number of carbonyl (C=O) groups is 2. The number of carbonyl (C=O) groups excluding carboxylic acids is 2. The smallest absolute Gasteiger partial charge is 0.322 e. The summed E-state index contributed by atoms with van der Waals surface area (Å²) in [6.45, 7) is 3.09. The predicted molar refractivity (Wildman–Crippen MR) is 151 cm³/mol. The molecule has 4 rings (SSSR count). The molecule has 8 heteroatoms. The maximum atomic E-state index is 13.2. The van der Waals surface area contributed by atoms with Gasteiger partial charge in [0, 0.05) is 24.7 Å². The molecule has 0 saturated heterocycles. The summed E-state index contributed by atoms with van der Waals surface area (Å²) in [5.74, 6) is -0.269. The highest BCUT2D eigenvalue weighted by atomic mass is 32.1. The van der Waals surface area contributed by atoms with Gasteiger partial charge in [-0.2, -0.15) is 0 Å². The number of hydrogen-bond donors (Lipinski definition) is 2. The molecular weight excluding hydrogens is 496 g/mol. The molecule has 0 bridgehead atoms. The van der Waals surface area contributed by atoms with E-state index >= 15 is 0 Å². The molecule has 0 aliphatic carbocycles. The average Bonchev–Trinajstić information content (AvgIpc) is 3.44. The zero-order valence-electron chi connectivity index (χ0n) is 21.6. The molecule has 2 N–H and O–H groups in total. The number of aryl methyl sites for hydroxylation is 1. The lowest BCUT2D eigenvalue weighted by Gasteiger charge is -2.22. The van der Waals surface area contributed by atoms with Gasteiger partial charge in [-0.05, 0) is 29.2 Å². The highest BCUT2D eigenvalue weighted by Gasteiger charge is 2.21. The van der Waals surface area contributed by atoms with Crippen LogP contribution in [0.1, 0.15) is 45.2 Å². The van der Waals surface area contributed by atoms with E-state index in [1.807, 2.05) is 84.9 Å². The number of anilines is 1. The molecule has 0 atom stereocenters. The van der Waals surface area contributed by atoms with Crippen LogP contribution in [-0.2, 0) is 17.7 Å². The van der Waals surface area contributed by atoms with Gasteiger partial charge in [0.2, 0.25) is 0 Å². The number of thiazole rings is 1. The third-order valence-corrected chi connectivity index (χ3v) is 6.98. The van der Waals surface area contributed by atoms with Gasteiger partial charge in [0.1, 0.15) is 10.7 Å². The first-order chi connectivity index (χ1) is 18.6. The molecule has 0 fully saturated rings. The SMILES string of the molecule is CCc1ccccc1NC(=O)N(CCOC)Cc1nc(C(=O)NC(c2ccccc2)c2ccccc2)cs1. The number of nitrogens with zero attached hydrogens (tertiary/aromatic N) is 2. The average molecular weight is 529 g/mol. The summed E-state index contributed by atoms with van der Waals surface area (Å²) in [7, 11) is 1.60. The monoisotopic (exact) mass is 528 g/mol. The lowest BCUT2D eigenvalue weighted by Crippen LogP contribution is -2.37. The third-order valence-electron chi connectivity index (χ3n) is 6.14. The third kappa shape index (κ3) is 7.06. The van der Waals surface area contributed by atoms with Gasteiger partial charge in [-0.15, -0.1) is 11.3 Å². The van der Waals surface area contributed by atoms with Crippen LogP contribution in [0.3, 0.4) is 0 Å². The van der Waals surface area contributed by atoms with Gasteiger partial charge in [0.25, 0.3) is 5.91 Å². The summed E-state index contributed by atoms with van der Waals surface area (Å²) in [5, 5.41) is 8.54. The molecule has 0 radical (unpaired) electrons. The van der Waals surface area contributed by atoms with Crippen molar-refractivity contribution in [2.24, 2.45) is 0 Å². The fraction of sp³-hybridized carbons (Fsp3) is 0.233. The first-order valence-electron chi connectivity index (χ1n) is 12.6. The Bertz CT molecular complexity index is 1290. The number of urea groups is 1. The van der Waals surface area contributed by atoms with Crippen molar-refractivity contribution < 1.29 is 14.3 Å². The summed E-state index contributed by atoms with van der Waals surface area (Å²) in [4.78, 5) is 32.6. The number of aromatic nitrogens is 1.